The first kappa shape index (κ1) is 45.7. The minimum Gasteiger partial charge on any atom is -0.384 e. The van der Waals surface area contributed by atoms with E-state index in [1.165, 1.54) is 67.9 Å². The van der Waals surface area contributed by atoms with E-state index in [-0.39, 0.29) is 0 Å². The van der Waals surface area contributed by atoms with E-state index in [0.29, 0.717) is 0 Å². The maximum absolute atomic E-state index is 5.21. The molecule has 5 aliphatic heterocycles. The van der Waals surface area contributed by atoms with Gasteiger partial charge in [0.1, 0.15) is 0 Å². The minimum absolute atomic E-state index is 0.802. The van der Waals surface area contributed by atoms with Crippen molar-refractivity contribution in [3.8, 4) is 0 Å². The fourth-order valence-electron chi connectivity index (χ4n) is 6.77. The maximum Gasteiger partial charge on any atom is 0.0724 e. The van der Waals surface area contributed by atoms with Crippen molar-refractivity contribution < 1.29 is 4.74 Å². The molecule has 5 aliphatic rings. The molecule has 7 nitrogen and oxygen atoms in total. The van der Waals surface area contributed by atoms with Crippen LogP contribution in [-0.2, 0) is 57.0 Å². The first-order chi connectivity index (χ1) is 30.8. The van der Waals surface area contributed by atoms with Gasteiger partial charge in [-0.15, -0.1) is 0 Å². The highest BCUT2D eigenvalue weighted by Gasteiger charge is 2.09. The molecule has 5 N–H and O–H groups in total. The van der Waals surface area contributed by atoms with E-state index in [9.17, 15) is 0 Å². The Morgan fingerprint density at radius 2 is 0.952 bits per heavy atom. The summed E-state index contributed by atoms with van der Waals surface area (Å²) in [6.45, 7) is 8.02. The fraction of sp³-hybridized carbons (Fsp3) is 0.189. The lowest BCUT2D eigenvalue weighted by atomic mass is 10.0. The van der Waals surface area contributed by atoms with Crippen molar-refractivity contribution in [2.45, 2.75) is 57.1 Å². The summed E-state index contributed by atoms with van der Waals surface area (Å²) in [6.07, 6.45) is 5.84. The second-order valence-corrected chi connectivity index (χ2v) is 16.2. The van der Waals surface area contributed by atoms with Crippen LogP contribution in [0.5, 0.6) is 0 Å². The Morgan fingerprint density at radius 1 is 0.435 bits per heavy atom. The monoisotopic (exact) mass is 858 g/mol. The number of nitrogens with one attached hydrogen (secondary N) is 5. The van der Waals surface area contributed by atoms with Crippen LogP contribution in [0.1, 0.15) is 44.5 Å². The summed E-state index contributed by atoms with van der Waals surface area (Å²) in [7, 11) is 0. The molecule has 62 heavy (non-hydrogen) atoms. The molecule has 318 valence electrons. The lowest BCUT2D eigenvalue weighted by Crippen LogP contribution is -2.23. The standard InChI is InChI=1S/C9H11N.2C8H9N.C8H8O.C7H7NS.C6H6.C4H4S.C3H4N2/c1-2-4-9-7-10-6-5-8(9)3-1;1-2-4-8-6-9-5-7(8)3-1;1-2-4-8-7(3-1)5-6-9-8;1-2-4-8-6-9-5-7(8)3-1;1-2-4-7-6(3-1)5-8-9-7;1-2-4-6-5-3-1;2*1-2-4-5-3-1/h1-4,10H,5-7H2;2*1-4,9H,5-6H2;1-4H,5-6H2;1-4,8H,5H2;1-6H;1-4H;1-3H,(H,4,5). The quantitative estimate of drug-likeness (QED) is 0.0971. The van der Waals surface area contributed by atoms with Crippen LogP contribution < -0.4 is 20.7 Å². The summed E-state index contributed by atoms with van der Waals surface area (Å²) >= 11 is 3.43. The molecule has 2 aromatic heterocycles. The SMILES string of the molecule is c1ccc2c(c1)CCN2.c1ccc2c(c1)CCNC2.c1ccc2c(c1)CNC2.c1ccc2c(c1)CNS2.c1ccc2c(c1)COC2.c1ccccc1.c1ccsc1.c1cn[nH]c1. The first-order valence-corrected chi connectivity index (χ1v) is 23.0. The van der Waals surface area contributed by atoms with Crippen LogP contribution in [0, 0.1) is 0 Å². The molecule has 0 atom stereocenters. The fourth-order valence-corrected chi connectivity index (χ4v) is 8.03. The number of ether oxygens (including phenoxy) is 1. The molecule has 0 spiro atoms. The lowest BCUT2D eigenvalue weighted by Gasteiger charge is -2.15. The lowest BCUT2D eigenvalue weighted by molar-refractivity contribution is 0.134. The number of H-pyrrole nitrogens is 1. The third-order valence-electron chi connectivity index (χ3n) is 10.0. The van der Waals surface area contributed by atoms with Gasteiger partial charge in [-0.1, -0.05) is 158 Å². The summed E-state index contributed by atoms with van der Waals surface area (Å²) in [5.41, 5.74) is 12.8. The second-order valence-electron chi connectivity index (χ2n) is 14.4. The number of aromatic nitrogens is 2. The molecule has 0 amide bonds. The maximum atomic E-state index is 5.21. The van der Waals surface area contributed by atoms with Crippen LogP contribution >= 0.6 is 23.3 Å². The molecule has 0 aliphatic carbocycles. The van der Waals surface area contributed by atoms with Gasteiger partial charge in [0.25, 0.3) is 0 Å². The van der Waals surface area contributed by atoms with Gasteiger partial charge >= 0.3 is 0 Å². The number of aromatic amines is 1. The van der Waals surface area contributed by atoms with E-state index in [2.05, 4.69) is 140 Å². The zero-order valence-electron chi connectivity index (χ0n) is 35.3. The molecule has 0 saturated carbocycles. The molecule has 0 fully saturated rings. The molecule has 8 aromatic rings. The smallest absolute Gasteiger partial charge is 0.0724 e. The van der Waals surface area contributed by atoms with Gasteiger partial charge in [-0.25, -0.2) is 0 Å². The number of hydrogen-bond donors (Lipinski definition) is 5. The molecule has 0 saturated heterocycles. The third-order valence-corrected chi connectivity index (χ3v) is 11.6. The highest BCUT2D eigenvalue weighted by Crippen LogP contribution is 2.26. The molecular weight excluding hydrogens is 801 g/mol. The van der Waals surface area contributed by atoms with Crippen molar-refractivity contribution in [3.05, 3.63) is 244 Å². The van der Waals surface area contributed by atoms with Crippen molar-refractivity contribution >= 4 is 29.0 Å². The highest BCUT2D eigenvalue weighted by molar-refractivity contribution is 7.97. The Hall–Kier alpha value is -5.78. The molecule has 0 unspecified atom stereocenters. The van der Waals surface area contributed by atoms with Crippen LogP contribution in [-0.4, -0.2) is 23.3 Å². The molecule has 6 aromatic carbocycles. The Kier molecular flexibility index (Phi) is 20.6. The van der Waals surface area contributed by atoms with Crippen LogP contribution in [0.15, 0.2) is 204 Å². The summed E-state index contributed by atoms with van der Waals surface area (Å²) in [5, 5.41) is 20.2. The van der Waals surface area contributed by atoms with E-state index >= 15 is 0 Å². The van der Waals surface area contributed by atoms with E-state index in [4.69, 9.17) is 4.74 Å². The Balaban J connectivity index is 0.000000120. The number of nitrogens with zero attached hydrogens (tertiary/aromatic N) is 1. The van der Waals surface area contributed by atoms with Gasteiger partial charge in [-0.05, 0) is 105 Å². The van der Waals surface area contributed by atoms with E-state index in [0.717, 1.165) is 52.5 Å². The predicted octanol–water partition coefficient (Wildman–Crippen LogP) is 11.6. The number of benzene rings is 6. The van der Waals surface area contributed by atoms with Gasteiger partial charge in [-0.3, -0.25) is 9.82 Å². The third kappa shape index (κ3) is 16.6. The van der Waals surface area contributed by atoms with Gasteiger partial charge in [0.05, 0.1) is 13.2 Å². The average molecular weight is 859 g/mol. The summed E-state index contributed by atoms with van der Waals surface area (Å²) in [6, 6.07) is 60.3. The number of rotatable bonds is 0. The molecule has 13 rings (SSSR count). The Morgan fingerprint density at radius 3 is 1.47 bits per heavy atom. The van der Waals surface area contributed by atoms with E-state index in [1.807, 2.05) is 77.5 Å². The Labute approximate surface area is 376 Å². The van der Waals surface area contributed by atoms with Crippen molar-refractivity contribution in [1.29, 1.82) is 0 Å². The summed E-state index contributed by atoms with van der Waals surface area (Å²) in [5.74, 6) is 0. The first-order valence-electron chi connectivity index (χ1n) is 21.2. The predicted molar refractivity (Wildman–Crippen MR) is 261 cm³/mol. The van der Waals surface area contributed by atoms with Crippen molar-refractivity contribution in [1.82, 2.24) is 25.6 Å². The molecule has 0 radical (unpaired) electrons. The number of anilines is 1. The van der Waals surface area contributed by atoms with Gasteiger partial charge in [0.2, 0.25) is 0 Å². The van der Waals surface area contributed by atoms with Crippen molar-refractivity contribution in [2.75, 3.05) is 18.4 Å². The highest BCUT2D eigenvalue weighted by atomic mass is 32.2. The zero-order chi connectivity index (χ0) is 42.5. The van der Waals surface area contributed by atoms with Crippen LogP contribution in [0.3, 0.4) is 0 Å². The number of thiophene rings is 1. The van der Waals surface area contributed by atoms with E-state index < -0.39 is 0 Å². The van der Waals surface area contributed by atoms with Crippen LogP contribution in [0.25, 0.3) is 0 Å². The molecular formula is C53H58N6OS2. The number of para-hydroxylation sites is 1. The van der Waals surface area contributed by atoms with Crippen LogP contribution in [0.4, 0.5) is 5.69 Å². The molecule has 0 bridgehead atoms. The summed E-state index contributed by atoms with van der Waals surface area (Å²) < 4.78 is 8.42. The van der Waals surface area contributed by atoms with Gasteiger partial charge in [0.15, 0.2) is 0 Å². The van der Waals surface area contributed by atoms with Gasteiger partial charge < -0.3 is 20.7 Å². The van der Waals surface area contributed by atoms with Crippen molar-refractivity contribution in [3.63, 3.8) is 0 Å². The average Bonchev–Trinajstić information content (AvgIpc) is 4.21. The minimum atomic E-state index is 0.802. The van der Waals surface area contributed by atoms with E-state index in [1.54, 1.807) is 35.7 Å². The molecule has 9 heteroatoms. The Bertz CT molecular complexity index is 1950. The van der Waals surface area contributed by atoms with Gasteiger partial charge in [0, 0.05) is 55.7 Å². The van der Waals surface area contributed by atoms with Crippen LogP contribution in [0.2, 0.25) is 0 Å². The normalized spacial score (nSPS) is 13.6. The number of fused-ring (bicyclic) bond motifs is 5. The van der Waals surface area contributed by atoms with Gasteiger partial charge in [-0.2, -0.15) is 16.4 Å². The summed E-state index contributed by atoms with van der Waals surface area (Å²) in [4.78, 5) is 1.37. The van der Waals surface area contributed by atoms with Crippen molar-refractivity contribution in [2.24, 2.45) is 0 Å². The largest absolute Gasteiger partial charge is 0.384 e. The number of hydrogen-bond acceptors (Lipinski definition) is 8. The topological polar surface area (TPSA) is 86.0 Å². The molecule has 7 heterocycles. The second kappa shape index (κ2) is 27.9. The zero-order valence-corrected chi connectivity index (χ0v) is 36.9.